The fourth-order valence-corrected chi connectivity index (χ4v) is 3.46. The molecule has 174 valence electrons. The van der Waals surface area contributed by atoms with Crippen LogP contribution in [0.2, 0.25) is 0 Å². The van der Waals surface area contributed by atoms with Crippen LogP contribution in [0.15, 0.2) is 35.7 Å². The number of carboxylic acid groups (broad SMARTS) is 1. The summed E-state index contributed by atoms with van der Waals surface area (Å²) in [6.07, 6.45) is 0.165. The fraction of sp³-hybridized carbons (Fsp3) is 0.286. The second-order valence-corrected chi connectivity index (χ2v) is 7.93. The van der Waals surface area contributed by atoms with E-state index >= 15 is 0 Å². The minimum Gasteiger partial charge on any atom is -0.496 e. The third-order valence-corrected chi connectivity index (χ3v) is 5.26. The number of ether oxygens (including phenoxy) is 5. The maximum absolute atomic E-state index is 12.6. The van der Waals surface area contributed by atoms with Gasteiger partial charge in [-0.15, -0.1) is 0 Å². The van der Waals surface area contributed by atoms with Gasteiger partial charge in [-0.1, -0.05) is 0 Å². The third kappa shape index (κ3) is 6.20. The molecule has 32 heavy (non-hydrogen) atoms. The molecule has 0 spiro atoms. The first-order chi connectivity index (χ1) is 15.1. The summed E-state index contributed by atoms with van der Waals surface area (Å²) >= 11 is 0. The lowest BCUT2D eigenvalue weighted by atomic mass is 10.1. The highest BCUT2D eigenvalue weighted by Gasteiger charge is 2.17. The molecule has 2 N–H and O–H groups in total. The van der Waals surface area contributed by atoms with Crippen LogP contribution in [0.3, 0.4) is 0 Å². The van der Waals surface area contributed by atoms with E-state index in [1.807, 2.05) is 0 Å². The molecule has 0 aromatic heterocycles. The predicted molar refractivity (Wildman–Crippen MR) is 118 cm³/mol. The van der Waals surface area contributed by atoms with Crippen LogP contribution in [0.25, 0.3) is 6.08 Å². The summed E-state index contributed by atoms with van der Waals surface area (Å²) < 4.78 is 53.9. The highest BCUT2D eigenvalue weighted by atomic mass is 32.2. The van der Waals surface area contributed by atoms with Gasteiger partial charge in [-0.3, -0.25) is 4.72 Å². The molecule has 0 saturated heterocycles. The molecule has 1 atom stereocenters. The van der Waals surface area contributed by atoms with Gasteiger partial charge in [0.25, 0.3) is 10.0 Å². The molecular formula is C21H25NO9S. The molecule has 0 fully saturated rings. The summed E-state index contributed by atoms with van der Waals surface area (Å²) in [7, 11) is 1.79. The zero-order valence-electron chi connectivity index (χ0n) is 18.2. The smallest absolute Gasteiger partial charge is 0.344 e. The number of rotatable bonds is 11. The van der Waals surface area contributed by atoms with Crippen LogP contribution < -0.4 is 28.4 Å². The van der Waals surface area contributed by atoms with Crippen LogP contribution in [-0.2, 0) is 14.8 Å². The Morgan fingerprint density at radius 2 is 1.53 bits per heavy atom. The number of sulfonamides is 1. The van der Waals surface area contributed by atoms with Gasteiger partial charge in [-0.25, -0.2) is 13.2 Å². The number of benzene rings is 2. The van der Waals surface area contributed by atoms with Crippen molar-refractivity contribution in [1.82, 2.24) is 0 Å². The number of carbonyl (C=O) groups is 1. The monoisotopic (exact) mass is 467 g/mol. The lowest BCUT2D eigenvalue weighted by molar-refractivity contribution is -0.144. The Morgan fingerprint density at radius 1 is 0.938 bits per heavy atom. The highest BCUT2D eigenvalue weighted by molar-refractivity contribution is 7.95. The highest BCUT2D eigenvalue weighted by Crippen LogP contribution is 2.35. The van der Waals surface area contributed by atoms with Gasteiger partial charge in [-0.05, 0) is 25.1 Å². The average molecular weight is 467 g/mol. The molecule has 0 aliphatic rings. The van der Waals surface area contributed by atoms with E-state index in [1.165, 1.54) is 59.6 Å². The second kappa shape index (κ2) is 10.6. The van der Waals surface area contributed by atoms with Crippen molar-refractivity contribution in [2.75, 3.05) is 33.2 Å². The van der Waals surface area contributed by atoms with E-state index in [9.17, 15) is 13.2 Å². The van der Waals surface area contributed by atoms with E-state index in [1.54, 1.807) is 12.1 Å². The first kappa shape index (κ1) is 24.7. The number of hydrogen-bond donors (Lipinski definition) is 2. The molecule has 1 unspecified atom stereocenters. The first-order valence-electron chi connectivity index (χ1n) is 9.22. The minimum absolute atomic E-state index is 0.0741. The van der Waals surface area contributed by atoms with Gasteiger partial charge in [0.1, 0.15) is 17.2 Å². The van der Waals surface area contributed by atoms with E-state index < -0.39 is 22.1 Å². The predicted octanol–water partition coefficient (Wildman–Crippen LogP) is 2.99. The quantitative estimate of drug-likeness (QED) is 0.512. The lowest BCUT2D eigenvalue weighted by Gasteiger charge is -2.15. The van der Waals surface area contributed by atoms with Gasteiger partial charge in [0.05, 0.1) is 45.1 Å². The van der Waals surface area contributed by atoms with Gasteiger partial charge < -0.3 is 28.8 Å². The van der Waals surface area contributed by atoms with Gasteiger partial charge in [0.2, 0.25) is 0 Å². The van der Waals surface area contributed by atoms with E-state index in [-0.39, 0.29) is 17.2 Å². The van der Waals surface area contributed by atoms with Crippen molar-refractivity contribution in [3.63, 3.8) is 0 Å². The number of carboxylic acids is 1. The molecular weight excluding hydrogens is 442 g/mol. The number of nitrogens with one attached hydrogen (secondary N) is 1. The van der Waals surface area contributed by atoms with Crippen molar-refractivity contribution in [2.24, 2.45) is 0 Å². The maximum atomic E-state index is 12.6. The van der Waals surface area contributed by atoms with Crippen LogP contribution in [0.4, 0.5) is 5.69 Å². The zero-order chi connectivity index (χ0) is 23.9. The number of hydrogen-bond acceptors (Lipinski definition) is 8. The van der Waals surface area contributed by atoms with Crippen molar-refractivity contribution < 1.29 is 42.0 Å². The number of anilines is 1. The molecule has 2 aromatic carbocycles. The Hall–Kier alpha value is -3.60. The van der Waals surface area contributed by atoms with E-state index in [0.717, 1.165) is 5.41 Å². The molecule has 0 heterocycles. The number of aliphatic carboxylic acids is 1. The molecule has 0 aliphatic carbocycles. The molecule has 2 aromatic rings. The van der Waals surface area contributed by atoms with Crippen LogP contribution >= 0.6 is 0 Å². The van der Waals surface area contributed by atoms with Gasteiger partial charge in [0, 0.05) is 18.2 Å². The van der Waals surface area contributed by atoms with Gasteiger partial charge in [-0.2, -0.15) is 0 Å². The summed E-state index contributed by atoms with van der Waals surface area (Å²) in [6, 6.07) is 7.44. The van der Waals surface area contributed by atoms with Crippen molar-refractivity contribution in [3.05, 3.63) is 41.3 Å². The molecule has 0 saturated carbocycles. The van der Waals surface area contributed by atoms with Crippen LogP contribution in [0.1, 0.15) is 12.5 Å². The minimum atomic E-state index is -3.97. The summed E-state index contributed by atoms with van der Waals surface area (Å²) in [6.45, 7) is 1.34. The lowest BCUT2D eigenvalue weighted by Crippen LogP contribution is -2.23. The van der Waals surface area contributed by atoms with Crippen molar-refractivity contribution in [2.45, 2.75) is 13.0 Å². The fourth-order valence-electron chi connectivity index (χ4n) is 2.63. The zero-order valence-corrected chi connectivity index (χ0v) is 19.1. The molecule has 10 nitrogen and oxygen atoms in total. The van der Waals surface area contributed by atoms with Crippen LogP contribution in [0.5, 0.6) is 28.7 Å². The summed E-state index contributed by atoms with van der Waals surface area (Å²) in [5.74, 6) is 0.349. The Bertz CT molecular complexity index is 1070. The molecule has 0 aliphatic heterocycles. The molecule has 0 radical (unpaired) electrons. The van der Waals surface area contributed by atoms with Crippen LogP contribution in [0, 0.1) is 0 Å². The Labute approximate surface area is 186 Å². The normalized spacial score (nSPS) is 12.2. The topological polar surface area (TPSA) is 130 Å². The Kier molecular flexibility index (Phi) is 8.19. The second-order valence-electron chi connectivity index (χ2n) is 6.36. The molecule has 0 bridgehead atoms. The van der Waals surface area contributed by atoms with E-state index in [4.69, 9.17) is 28.8 Å². The van der Waals surface area contributed by atoms with Crippen LogP contribution in [-0.4, -0.2) is 54.0 Å². The van der Waals surface area contributed by atoms with Crippen molar-refractivity contribution in [3.8, 4) is 28.7 Å². The van der Waals surface area contributed by atoms with Crippen molar-refractivity contribution in [1.29, 1.82) is 0 Å². The molecule has 0 amide bonds. The molecule has 2 rings (SSSR count). The largest absolute Gasteiger partial charge is 0.496 e. The van der Waals surface area contributed by atoms with Gasteiger partial charge >= 0.3 is 5.97 Å². The summed E-state index contributed by atoms with van der Waals surface area (Å²) in [5.41, 5.74) is 0.548. The van der Waals surface area contributed by atoms with Gasteiger partial charge in [0.15, 0.2) is 17.6 Å². The Morgan fingerprint density at radius 3 is 2.03 bits per heavy atom. The van der Waals surface area contributed by atoms with E-state index in [0.29, 0.717) is 22.8 Å². The van der Waals surface area contributed by atoms with Crippen molar-refractivity contribution >= 4 is 27.8 Å². The third-order valence-electron chi connectivity index (χ3n) is 4.24. The standard InChI is InChI=1S/C21H25NO9S/c1-13(21(23)24)31-20-10-14(6-7-17(20)28-3)22-32(25,26)9-8-16-18(29-4)11-15(27-2)12-19(16)30-5/h6-13,22H,1-5H3,(H,23,24)/b9-8+. The first-order valence-corrected chi connectivity index (χ1v) is 10.8. The molecule has 11 heteroatoms. The SMILES string of the molecule is COc1cc(OC)c(/C=C/S(=O)(=O)Nc2ccc(OC)c(OC(C)C(=O)O)c2)c(OC)c1. The summed E-state index contributed by atoms with van der Waals surface area (Å²) in [5, 5.41) is 9.99. The summed E-state index contributed by atoms with van der Waals surface area (Å²) in [4.78, 5) is 11.1. The Balaban J connectivity index is 2.33. The average Bonchev–Trinajstić information content (AvgIpc) is 2.76. The van der Waals surface area contributed by atoms with E-state index in [2.05, 4.69) is 4.72 Å². The maximum Gasteiger partial charge on any atom is 0.344 e. The number of methoxy groups -OCH3 is 4.